The molecule has 2 saturated heterocycles. The molecule has 0 aliphatic carbocycles. The summed E-state index contributed by atoms with van der Waals surface area (Å²) < 4.78 is 41.3. The number of carbonyl (C=O) groups excluding carboxylic acids is 2. The molecule has 2 fully saturated rings. The van der Waals surface area contributed by atoms with Crippen LogP contribution in [-0.4, -0.2) is 61.3 Å². The molecule has 2 aliphatic rings. The normalized spacial score (nSPS) is 22.1. The first-order valence-corrected chi connectivity index (χ1v) is 5.96. The first kappa shape index (κ1) is 14.0. The van der Waals surface area contributed by atoms with Crippen LogP contribution in [0.3, 0.4) is 0 Å². The minimum absolute atomic E-state index is 0.125. The SMILES string of the molecule is COC(=O)N1CCC2(CC1)CN(C(=O)C(F)(F)F)C2. The van der Waals surface area contributed by atoms with Crippen LogP contribution in [-0.2, 0) is 9.53 Å². The van der Waals surface area contributed by atoms with Crippen LogP contribution in [0.4, 0.5) is 18.0 Å². The molecule has 5 nitrogen and oxygen atoms in total. The van der Waals surface area contributed by atoms with E-state index in [1.54, 1.807) is 0 Å². The average molecular weight is 280 g/mol. The fourth-order valence-corrected chi connectivity index (χ4v) is 2.70. The van der Waals surface area contributed by atoms with E-state index in [0.717, 1.165) is 4.90 Å². The monoisotopic (exact) mass is 280 g/mol. The molecule has 0 saturated carbocycles. The van der Waals surface area contributed by atoms with E-state index in [9.17, 15) is 22.8 Å². The number of likely N-dealkylation sites (tertiary alicyclic amines) is 2. The summed E-state index contributed by atoms with van der Waals surface area (Å²) in [6.07, 6.45) is -4.01. The maximum absolute atomic E-state index is 12.2. The summed E-state index contributed by atoms with van der Waals surface area (Å²) in [7, 11) is 1.29. The maximum Gasteiger partial charge on any atom is 0.471 e. The van der Waals surface area contributed by atoms with Crippen LogP contribution in [0.25, 0.3) is 0 Å². The van der Waals surface area contributed by atoms with E-state index in [0.29, 0.717) is 25.9 Å². The van der Waals surface area contributed by atoms with Gasteiger partial charge < -0.3 is 14.5 Å². The van der Waals surface area contributed by atoms with E-state index in [4.69, 9.17) is 0 Å². The fourth-order valence-electron chi connectivity index (χ4n) is 2.70. The molecule has 0 atom stereocenters. The van der Waals surface area contributed by atoms with Crippen LogP contribution in [0.15, 0.2) is 0 Å². The van der Waals surface area contributed by atoms with Crippen LogP contribution in [0, 0.1) is 5.41 Å². The van der Waals surface area contributed by atoms with E-state index in [1.165, 1.54) is 12.0 Å². The van der Waals surface area contributed by atoms with Gasteiger partial charge >= 0.3 is 18.2 Å². The Balaban J connectivity index is 1.84. The van der Waals surface area contributed by atoms with Crippen molar-refractivity contribution >= 4 is 12.0 Å². The largest absolute Gasteiger partial charge is 0.471 e. The zero-order valence-electron chi connectivity index (χ0n) is 10.5. The van der Waals surface area contributed by atoms with Crippen LogP contribution >= 0.6 is 0 Å². The van der Waals surface area contributed by atoms with Crippen molar-refractivity contribution in [3.05, 3.63) is 0 Å². The van der Waals surface area contributed by atoms with Crippen LogP contribution in [0.2, 0.25) is 0 Å². The van der Waals surface area contributed by atoms with Crippen LogP contribution < -0.4 is 0 Å². The summed E-state index contributed by atoms with van der Waals surface area (Å²) in [6, 6.07) is 0. The van der Waals surface area contributed by atoms with Gasteiger partial charge in [-0.2, -0.15) is 13.2 Å². The number of rotatable bonds is 0. The first-order valence-electron chi connectivity index (χ1n) is 5.96. The highest BCUT2D eigenvalue weighted by atomic mass is 19.4. The molecule has 0 radical (unpaired) electrons. The van der Waals surface area contributed by atoms with Crippen molar-refractivity contribution in [3.8, 4) is 0 Å². The quantitative estimate of drug-likeness (QED) is 0.671. The smallest absolute Gasteiger partial charge is 0.453 e. The average Bonchev–Trinajstić information content (AvgIpc) is 2.33. The second kappa shape index (κ2) is 4.57. The lowest BCUT2D eigenvalue weighted by Gasteiger charge is -2.53. The molecule has 108 valence electrons. The molecule has 0 aromatic heterocycles. The van der Waals surface area contributed by atoms with Crippen molar-refractivity contribution in [1.29, 1.82) is 0 Å². The van der Waals surface area contributed by atoms with Crippen molar-refractivity contribution in [2.75, 3.05) is 33.3 Å². The highest BCUT2D eigenvalue weighted by Crippen LogP contribution is 2.41. The lowest BCUT2D eigenvalue weighted by Crippen LogP contribution is -2.64. The number of ether oxygens (including phenoxy) is 1. The van der Waals surface area contributed by atoms with Gasteiger partial charge in [0.05, 0.1) is 7.11 Å². The number of alkyl halides is 3. The molecule has 1 spiro atoms. The summed E-state index contributed by atoms with van der Waals surface area (Å²) in [5, 5.41) is 0. The molecule has 0 N–H and O–H groups in total. The summed E-state index contributed by atoms with van der Waals surface area (Å²) in [6.45, 7) is 1.17. The molecule has 0 unspecified atom stereocenters. The minimum atomic E-state index is -4.80. The summed E-state index contributed by atoms with van der Waals surface area (Å²) >= 11 is 0. The maximum atomic E-state index is 12.2. The minimum Gasteiger partial charge on any atom is -0.453 e. The molecule has 8 heteroatoms. The fraction of sp³-hybridized carbons (Fsp3) is 0.818. The summed E-state index contributed by atoms with van der Waals surface area (Å²) in [5.41, 5.74) is -0.259. The first-order chi connectivity index (χ1) is 8.77. The highest BCUT2D eigenvalue weighted by molar-refractivity contribution is 5.82. The van der Waals surface area contributed by atoms with E-state index in [1.807, 2.05) is 0 Å². The highest BCUT2D eigenvalue weighted by Gasteiger charge is 2.53. The number of halogens is 3. The number of nitrogens with zero attached hydrogens (tertiary/aromatic N) is 2. The third-order valence-electron chi connectivity index (χ3n) is 3.84. The van der Waals surface area contributed by atoms with Gasteiger partial charge in [0.2, 0.25) is 0 Å². The predicted molar refractivity (Wildman–Crippen MR) is 58.3 cm³/mol. The predicted octanol–water partition coefficient (Wildman–Crippen LogP) is 1.24. The molecule has 0 bridgehead atoms. The number of amides is 2. The van der Waals surface area contributed by atoms with Gasteiger partial charge in [-0.3, -0.25) is 4.79 Å². The topological polar surface area (TPSA) is 49.9 Å². The van der Waals surface area contributed by atoms with Gasteiger partial charge in [0.25, 0.3) is 0 Å². The molecule has 2 amide bonds. The Hall–Kier alpha value is -1.47. The van der Waals surface area contributed by atoms with Gasteiger partial charge in [-0.1, -0.05) is 0 Å². The van der Waals surface area contributed by atoms with Crippen LogP contribution in [0.5, 0.6) is 0 Å². The van der Waals surface area contributed by atoms with E-state index >= 15 is 0 Å². The number of piperidine rings is 1. The van der Waals surface area contributed by atoms with Crippen LogP contribution in [0.1, 0.15) is 12.8 Å². The van der Waals surface area contributed by atoms with E-state index in [2.05, 4.69) is 4.74 Å². The van der Waals surface area contributed by atoms with Gasteiger partial charge in [0.1, 0.15) is 0 Å². The van der Waals surface area contributed by atoms with Gasteiger partial charge in [0.15, 0.2) is 0 Å². The Bertz CT molecular complexity index is 381. The van der Waals surface area contributed by atoms with Gasteiger partial charge in [-0.25, -0.2) is 4.79 Å². The van der Waals surface area contributed by atoms with Crippen molar-refractivity contribution in [2.24, 2.45) is 5.41 Å². The number of carbonyl (C=O) groups is 2. The molecule has 2 rings (SSSR count). The van der Waals surface area contributed by atoms with Crippen molar-refractivity contribution in [3.63, 3.8) is 0 Å². The lowest BCUT2D eigenvalue weighted by molar-refractivity contribution is -0.198. The number of methoxy groups -OCH3 is 1. The number of hydrogen-bond donors (Lipinski definition) is 0. The molecule has 0 aromatic carbocycles. The van der Waals surface area contributed by atoms with Crippen molar-refractivity contribution in [1.82, 2.24) is 9.80 Å². The molecule has 2 heterocycles. The standard InChI is InChI=1S/C11H15F3N2O3/c1-19-9(18)15-4-2-10(3-5-15)6-16(7-10)8(17)11(12,13)14/h2-7H2,1H3. The molecular formula is C11H15F3N2O3. The Kier molecular flexibility index (Phi) is 3.36. The Labute approximate surface area is 108 Å². The lowest BCUT2D eigenvalue weighted by atomic mass is 9.72. The Morgan fingerprint density at radius 1 is 1.11 bits per heavy atom. The van der Waals surface area contributed by atoms with Crippen molar-refractivity contribution < 1.29 is 27.5 Å². The molecule has 19 heavy (non-hydrogen) atoms. The summed E-state index contributed by atoms with van der Waals surface area (Å²) in [5.74, 6) is -1.77. The zero-order valence-corrected chi connectivity index (χ0v) is 10.5. The Morgan fingerprint density at radius 2 is 1.63 bits per heavy atom. The van der Waals surface area contributed by atoms with Gasteiger partial charge in [0, 0.05) is 31.6 Å². The molecule has 0 aromatic rings. The third-order valence-corrected chi connectivity index (χ3v) is 3.84. The second-order valence-corrected chi connectivity index (χ2v) is 5.12. The summed E-state index contributed by atoms with van der Waals surface area (Å²) in [4.78, 5) is 24.6. The third kappa shape index (κ3) is 2.62. The van der Waals surface area contributed by atoms with Gasteiger partial charge in [-0.15, -0.1) is 0 Å². The zero-order chi connectivity index (χ0) is 14.3. The Morgan fingerprint density at radius 3 is 2.05 bits per heavy atom. The second-order valence-electron chi connectivity index (χ2n) is 5.12. The van der Waals surface area contributed by atoms with E-state index < -0.39 is 18.2 Å². The number of hydrogen-bond acceptors (Lipinski definition) is 3. The van der Waals surface area contributed by atoms with E-state index in [-0.39, 0.29) is 18.5 Å². The van der Waals surface area contributed by atoms with Gasteiger partial charge in [-0.05, 0) is 12.8 Å². The molecule has 2 aliphatic heterocycles. The van der Waals surface area contributed by atoms with Crippen molar-refractivity contribution in [2.45, 2.75) is 19.0 Å². The molecular weight excluding hydrogens is 265 g/mol.